The molecule has 0 aliphatic heterocycles. The minimum atomic E-state index is 0.0727. The molecule has 0 unspecified atom stereocenters. The van der Waals surface area contributed by atoms with Crippen molar-refractivity contribution in [3.05, 3.63) is 23.8 Å². The van der Waals surface area contributed by atoms with E-state index in [1.54, 1.807) is 0 Å². The van der Waals surface area contributed by atoms with Crippen molar-refractivity contribution in [2.45, 2.75) is 0 Å². The predicted molar refractivity (Wildman–Crippen MR) is 42.9 cm³/mol. The molecule has 0 aliphatic carbocycles. The zero-order chi connectivity index (χ0) is 8.27. The number of rotatable bonds is 2. The fourth-order valence-corrected chi connectivity index (χ4v) is 0.772. The molecule has 1 aromatic carbocycles. The van der Waals surface area contributed by atoms with E-state index in [1.165, 1.54) is 18.2 Å². The number of benzene rings is 1. The van der Waals surface area contributed by atoms with Crippen LogP contribution >= 0.6 is 0 Å². The Bertz CT molecular complexity index is 275. The lowest BCUT2D eigenvalue weighted by Gasteiger charge is -2.03. The summed E-state index contributed by atoms with van der Waals surface area (Å²) >= 11 is 0. The largest absolute Gasteiger partial charge is 0.508 e. The lowest BCUT2D eigenvalue weighted by molar-refractivity contribution is 0.112. The average Bonchev–Trinajstić information content (AvgIpc) is 2.04. The SMILES string of the molecule is [B]Nc1cc(O)ccc1C=O. The molecule has 0 amide bonds. The highest BCUT2D eigenvalue weighted by Crippen LogP contribution is 2.18. The highest BCUT2D eigenvalue weighted by Gasteiger charge is 1.98. The molecule has 4 heteroatoms. The molecule has 0 heterocycles. The molecule has 54 valence electrons. The van der Waals surface area contributed by atoms with Gasteiger partial charge < -0.3 is 10.3 Å². The van der Waals surface area contributed by atoms with Gasteiger partial charge in [-0.3, -0.25) is 4.79 Å². The lowest BCUT2D eigenvalue weighted by atomic mass is 10.1. The van der Waals surface area contributed by atoms with Crippen molar-refractivity contribution in [1.29, 1.82) is 0 Å². The first-order valence-electron chi connectivity index (χ1n) is 3.02. The first kappa shape index (κ1) is 7.66. The topological polar surface area (TPSA) is 49.3 Å². The van der Waals surface area contributed by atoms with Crippen LogP contribution in [-0.4, -0.2) is 19.4 Å². The molecule has 0 bridgehead atoms. The maximum absolute atomic E-state index is 10.3. The highest BCUT2D eigenvalue weighted by atomic mass is 16.3. The normalized spacial score (nSPS) is 9.09. The molecule has 1 aromatic rings. The van der Waals surface area contributed by atoms with Crippen LogP contribution in [0.3, 0.4) is 0 Å². The van der Waals surface area contributed by atoms with Crippen molar-refractivity contribution in [2.75, 3.05) is 5.23 Å². The number of anilines is 1. The van der Waals surface area contributed by atoms with Crippen LogP contribution in [0, 0.1) is 0 Å². The van der Waals surface area contributed by atoms with E-state index in [0.717, 1.165) is 0 Å². The van der Waals surface area contributed by atoms with Crippen molar-refractivity contribution < 1.29 is 9.90 Å². The quantitative estimate of drug-likeness (QED) is 0.478. The van der Waals surface area contributed by atoms with Crippen LogP contribution in [0.1, 0.15) is 10.4 Å². The Morgan fingerprint density at radius 2 is 2.27 bits per heavy atom. The third kappa shape index (κ3) is 1.52. The van der Waals surface area contributed by atoms with Gasteiger partial charge in [0.05, 0.1) is 0 Å². The maximum Gasteiger partial charge on any atom is 0.222 e. The van der Waals surface area contributed by atoms with E-state index in [2.05, 4.69) is 5.23 Å². The second-order valence-electron chi connectivity index (χ2n) is 2.03. The van der Waals surface area contributed by atoms with Gasteiger partial charge in [-0.1, -0.05) is 0 Å². The Balaban J connectivity index is 3.16. The molecule has 2 radical (unpaired) electrons. The van der Waals surface area contributed by atoms with Crippen LogP contribution in [-0.2, 0) is 0 Å². The summed E-state index contributed by atoms with van der Waals surface area (Å²) < 4.78 is 0. The minimum absolute atomic E-state index is 0.0727. The van der Waals surface area contributed by atoms with E-state index >= 15 is 0 Å². The van der Waals surface area contributed by atoms with E-state index in [0.29, 0.717) is 17.5 Å². The van der Waals surface area contributed by atoms with Gasteiger partial charge in [0.25, 0.3) is 0 Å². The van der Waals surface area contributed by atoms with Crippen LogP contribution < -0.4 is 5.23 Å². The summed E-state index contributed by atoms with van der Waals surface area (Å²) in [7, 11) is 5.08. The Hall–Kier alpha value is -1.45. The van der Waals surface area contributed by atoms with Gasteiger partial charge in [0.15, 0.2) is 6.29 Å². The fourth-order valence-electron chi connectivity index (χ4n) is 0.772. The number of nitrogens with one attached hydrogen (secondary N) is 1. The summed E-state index contributed by atoms with van der Waals surface area (Å²) in [5, 5.41) is 11.2. The van der Waals surface area contributed by atoms with Crippen LogP contribution in [0.5, 0.6) is 5.75 Å². The standard InChI is InChI=1S/C7H6BNO2/c8-9-7-3-6(11)2-1-5(7)4-10/h1-4,9,11H. The number of aldehydes is 1. The first-order chi connectivity index (χ1) is 5.27. The number of phenolic OH excluding ortho intramolecular Hbond substituents is 1. The van der Waals surface area contributed by atoms with Crippen LogP contribution in [0.2, 0.25) is 0 Å². The zero-order valence-corrected chi connectivity index (χ0v) is 5.74. The van der Waals surface area contributed by atoms with Crippen molar-refractivity contribution in [3.8, 4) is 5.75 Å². The molecular weight excluding hydrogens is 141 g/mol. The number of carbonyl (C=O) groups is 1. The Morgan fingerprint density at radius 3 is 2.82 bits per heavy atom. The summed E-state index contributed by atoms with van der Waals surface area (Å²) in [4.78, 5) is 10.3. The second-order valence-corrected chi connectivity index (χ2v) is 2.03. The average molecular weight is 147 g/mol. The fraction of sp³-hybridized carbons (Fsp3) is 0. The van der Waals surface area contributed by atoms with Gasteiger partial charge in [0, 0.05) is 17.3 Å². The molecule has 1 rings (SSSR count). The highest BCUT2D eigenvalue weighted by molar-refractivity contribution is 6.17. The third-order valence-corrected chi connectivity index (χ3v) is 1.32. The van der Waals surface area contributed by atoms with Crippen LogP contribution in [0.15, 0.2) is 18.2 Å². The predicted octanol–water partition coefficient (Wildman–Crippen LogP) is 0.700. The van der Waals surface area contributed by atoms with Gasteiger partial charge >= 0.3 is 0 Å². The number of hydrogen-bond acceptors (Lipinski definition) is 3. The molecule has 2 N–H and O–H groups in total. The number of hydrogen-bond donors (Lipinski definition) is 2. The summed E-state index contributed by atoms with van der Waals surface area (Å²) in [5.74, 6) is 0.0727. The van der Waals surface area contributed by atoms with E-state index in [1.807, 2.05) is 0 Å². The molecular formula is C7H6BNO2. The van der Waals surface area contributed by atoms with Crippen molar-refractivity contribution in [3.63, 3.8) is 0 Å². The monoisotopic (exact) mass is 147 g/mol. The summed E-state index contributed by atoms with van der Waals surface area (Å²) in [6.07, 6.45) is 0.661. The van der Waals surface area contributed by atoms with E-state index < -0.39 is 0 Å². The summed E-state index contributed by atoms with van der Waals surface area (Å²) in [6, 6.07) is 4.28. The van der Waals surface area contributed by atoms with Crippen molar-refractivity contribution >= 4 is 20.0 Å². The third-order valence-electron chi connectivity index (χ3n) is 1.32. The molecule has 0 aromatic heterocycles. The van der Waals surface area contributed by atoms with Crippen molar-refractivity contribution in [1.82, 2.24) is 0 Å². The maximum atomic E-state index is 10.3. The van der Waals surface area contributed by atoms with Crippen molar-refractivity contribution in [2.24, 2.45) is 0 Å². The molecule has 0 aliphatic rings. The van der Waals surface area contributed by atoms with E-state index in [-0.39, 0.29) is 5.75 Å². The Kier molecular flexibility index (Phi) is 2.16. The van der Waals surface area contributed by atoms with Crippen LogP contribution in [0.25, 0.3) is 0 Å². The van der Waals surface area contributed by atoms with Gasteiger partial charge in [-0.15, -0.1) is 0 Å². The molecule has 0 saturated heterocycles. The van der Waals surface area contributed by atoms with Gasteiger partial charge in [-0.05, 0) is 12.1 Å². The zero-order valence-electron chi connectivity index (χ0n) is 5.74. The van der Waals surface area contributed by atoms with Gasteiger partial charge in [0.1, 0.15) is 5.75 Å². The summed E-state index contributed by atoms with van der Waals surface area (Å²) in [5.41, 5.74) is 0.838. The van der Waals surface area contributed by atoms with Gasteiger partial charge in [0.2, 0.25) is 7.98 Å². The summed E-state index contributed by atoms with van der Waals surface area (Å²) in [6.45, 7) is 0. The second kappa shape index (κ2) is 3.10. The molecule has 3 nitrogen and oxygen atoms in total. The molecule has 0 fully saturated rings. The minimum Gasteiger partial charge on any atom is -0.508 e. The first-order valence-corrected chi connectivity index (χ1v) is 3.02. The number of carbonyl (C=O) groups excluding carboxylic acids is 1. The van der Waals surface area contributed by atoms with Gasteiger partial charge in [-0.25, -0.2) is 0 Å². The number of phenols is 1. The number of aromatic hydroxyl groups is 1. The smallest absolute Gasteiger partial charge is 0.222 e. The molecule has 11 heavy (non-hydrogen) atoms. The molecule has 0 saturated carbocycles. The Labute approximate surface area is 65.5 Å². The lowest BCUT2D eigenvalue weighted by Crippen LogP contribution is -1.94. The van der Waals surface area contributed by atoms with E-state index in [4.69, 9.17) is 13.1 Å². The van der Waals surface area contributed by atoms with Crippen LogP contribution in [0.4, 0.5) is 5.69 Å². The Morgan fingerprint density at radius 1 is 1.55 bits per heavy atom. The molecule has 0 spiro atoms. The van der Waals surface area contributed by atoms with Gasteiger partial charge in [-0.2, -0.15) is 0 Å². The molecule has 0 atom stereocenters. The van der Waals surface area contributed by atoms with E-state index in [9.17, 15) is 4.79 Å².